The van der Waals surface area contributed by atoms with Crippen LogP contribution in [0.15, 0.2) is 18.3 Å². The number of carboxylic acid groups (broad SMARTS) is 1. The molecule has 6 nitrogen and oxygen atoms in total. The van der Waals surface area contributed by atoms with Crippen molar-refractivity contribution in [1.82, 2.24) is 4.98 Å². The number of halogens is 1. The molecule has 0 fully saturated rings. The topological polar surface area (TPSA) is 99.3 Å². The van der Waals surface area contributed by atoms with Crippen LogP contribution in [0.5, 0.6) is 0 Å². The van der Waals surface area contributed by atoms with Crippen LogP contribution in [0.2, 0.25) is 0 Å². The van der Waals surface area contributed by atoms with E-state index >= 15 is 0 Å². The number of fused-ring (bicyclic) bond motifs is 1. The van der Waals surface area contributed by atoms with E-state index in [0.717, 1.165) is 5.56 Å². The second-order valence-electron chi connectivity index (χ2n) is 4.88. The number of anilines is 1. The summed E-state index contributed by atoms with van der Waals surface area (Å²) < 4.78 is 26.5. The molecule has 0 unspecified atom stereocenters. The van der Waals surface area contributed by atoms with Gasteiger partial charge in [0.15, 0.2) is 0 Å². The Labute approximate surface area is 133 Å². The number of aromatic nitrogens is 1. The molecule has 22 heavy (non-hydrogen) atoms. The van der Waals surface area contributed by atoms with Crippen molar-refractivity contribution >= 4 is 44.2 Å². The maximum absolute atomic E-state index is 12.0. The molecule has 0 saturated carbocycles. The first kappa shape index (κ1) is 16.6. The van der Waals surface area contributed by atoms with Crippen LogP contribution in [-0.4, -0.2) is 36.1 Å². The lowest BCUT2D eigenvalue weighted by atomic mass is 10.1. The normalized spacial score (nSPS) is 11.7. The molecule has 2 aromatic rings. The zero-order chi connectivity index (χ0) is 16.3. The lowest BCUT2D eigenvalue weighted by molar-refractivity contribution is 0.0697. The molecule has 0 aliphatic heterocycles. The second kappa shape index (κ2) is 6.58. The highest BCUT2D eigenvalue weighted by Gasteiger charge is 2.17. The summed E-state index contributed by atoms with van der Waals surface area (Å²) in [6.07, 6.45) is 2.79. The number of rotatable bonds is 7. The van der Waals surface area contributed by atoms with Crippen molar-refractivity contribution < 1.29 is 18.3 Å². The van der Waals surface area contributed by atoms with Crippen molar-refractivity contribution in [2.75, 3.05) is 16.4 Å². The highest BCUT2D eigenvalue weighted by atomic mass is 35.5. The van der Waals surface area contributed by atoms with Crippen LogP contribution in [-0.2, 0) is 16.4 Å². The van der Waals surface area contributed by atoms with E-state index in [9.17, 15) is 18.3 Å². The first-order chi connectivity index (χ1) is 10.4. The number of hydrogen-bond acceptors (Lipinski definition) is 3. The molecule has 1 heterocycles. The van der Waals surface area contributed by atoms with Crippen molar-refractivity contribution in [3.63, 3.8) is 0 Å². The highest BCUT2D eigenvalue weighted by molar-refractivity contribution is 7.92. The van der Waals surface area contributed by atoms with Crippen molar-refractivity contribution in [2.24, 2.45) is 0 Å². The Balaban J connectivity index is 2.52. The first-order valence-corrected chi connectivity index (χ1v) is 9.00. The Morgan fingerprint density at radius 2 is 2.14 bits per heavy atom. The van der Waals surface area contributed by atoms with Gasteiger partial charge in [-0.3, -0.25) is 4.72 Å². The summed E-state index contributed by atoms with van der Waals surface area (Å²) >= 11 is 5.52. The molecular formula is C14H17ClN2O4S. The summed E-state index contributed by atoms with van der Waals surface area (Å²) in [4.78, 5) is 14.3. The van der Waals surface area contributed by atoms with Gasteiger partial charge >= 0.3 is 5.97 Å². The van der Waals surface area contributed by atoms with Crippen molar-refractivity contribution in [3.8, 4) is 0 Å². The van der Waals surface area contributed by atoms with E-state index in [1.54, 1.807) is 12.3 Å². The van der Waals surface area contributed by atoms with Crippen LogP contribution >= 0.6 is 11.6 Å². The number of carbonyl (C=O) groups is 1. The van der Waals surface area contributed by atoms with E-state index in [4.69, 9.17) is 11.6 Å². The molecule has 0 spiro atoms. The van der Waals surface area contributed by atoms with Crippen LogP contribution in [0.3, 0.4) is 0 Å². The molecule has 0 aliphatic carbocycles. The van der Waals surface area contributed by atoms with Crippen LogP contribution < -0.4 is 4.72 Å². The molecule has 8 heteroatoms. The summed E-state index contributed by atoms with van der Waals surface area (Å²) in [5, 5.41) is 9.91. The molecular weight excluding hydrogens is 328 g/mol. The van der Waals surface area contributed by atoms with Gasteiger partial charge in [0.2, 0.25) is 10.0 Å². The Bertz CT molecular complexity index is 799. The maximum Gasteiger partial charge on any atom is 0.335 e. The van der Waals surface area contributed by atoms with E-state index in [2.05, 4.69) is 9.71 Å². The van der Waals surface area contributed by atoms with Crippen molar-refractivity contribution in [1.29, 1.82) is 0 Å². The SMILES string of the molecule is CCc1c[nH]c2c(NS(=O)(=O)CCCCl)cc(C(=O)O)cc12. The number of hydrogen-bond donors (Lipinski definition) is 3. The van der Waals surface area contributed by atoms with E-state index in [1.807, 2.05) is 6.92 Å². The number of benzene rings is 1. The molecule has 0 saturated heterocycles. The van der Waals surface area contributed by atoms with Crippen LogP contribution in [0.4, 0.5) is 5.69 Å². The predicted octanol–water partition coefficient (Wildman–Crippen LogP) is 2.80. The zero-order valence-electron chi connectivity index (χ0n) is 12.0. The molecule has 0 bridgehead atoms. The third-order valence-electron chi connectivity index (χ3n) is 3.32. The fourth-order valence-corrected chi connectivity index (χ4v) is 3.66. The summed E-state index contributed by atoms with van der Waals surface area (Å²) in [5.41, 5.74) is 1.79. The summed E-state index contributed by atoms with van der Waals surface area (Å²) in [7, 11) is -3.58. The fourth-order valence-electron chi connectivity index (χ4n) is 2.25. The minimum atomic E-state index is -3.58. The Morgan fingerprint density at radius 1 is 1.41 bits per heavy atom. The van der Waals surface area contributed by atoms with Crippen LogP contribution in [0, 0.1) is 0 Å². The summed E-state index contributed by atoms with van der Waals surface area (Å²) in [6, 6.07) is 2.86. The molecule has 3 N–H and O–H groups in total. The van der Waals surface area contributed by atoms with Gasteiger partial charge in [-0.1, -0.05) is 6.92 Å². The largest absolute Gasteiger partial charge is 0.478 e. The highest BCUT2D eigenvalue weighted by Crippen LogP contribution is 2.29. The third-order valence-corrected chi connectivity index (χ3v) is 4.94. The van der Waals surface area contributed by atoms with E-state index < -0.39 is 16.0 Å². The zero-order valence-corrected chi connectivity index (χ0v) is 13.6. The monoisotopic (exact) mass is 344 g/mol. The Morgan fingerprint density at radius 3 is 2.73 bits per heavy atom. The molecule has 2 rings (SSSR count). The predicted molar refractivity (Wildman–Crippen MR) is 87.4 cm³/mol. The summed E-state index contributed by atoms with van der Waals surface area (Å²) in [5.74, 6) is -0.976. The van der Waals surface area contributed by atoms with E-state index in [-0.39, 0.29) is 22.9 Å². The number of sulfonamides is 1. The molecule has 0 radical (unpaired) electrons. The van der Waals surface area contributed by atoms with Gasteiger partial charge in [0.05, 0.1) is 22.5 Å². The van der Waals surface area contributed by atoms with Gasteiger partial charge < -0.3 is 10.1 Å². The van der Waals surface area contributed by atoms with E-state index in [0.29, 0.717) is 23.7 Å². The smallest absolute Gasteiger partial charge is 0.335 e. The average Bonchev–Trinajstić information content (AvgIpc) is 2.88. The number of alkyl halides is 1. The molecule has 1 aromatic carbocycles. The molecule has 0 atom stereocenters. The van der Waals surface area contributed by atoms with E-state index in [1.165, 1.54) is 6.07 Å². The number of carboxylic acids is 1. The molecule has 120 valence electrons. The first-order valence-electron chi connectivity index (χ1n) is 6.81. The van der Waals surface area contributed by atoms with Gasteiger partial charge in [-0.15, -0.1) is 11.6 Å². The second-order valence-corrected chi connectivity index (χ2v) is 7.10. The van der Waals surface area contributed by atoms with Gasteiger partial charge in [0.25, 0.3) is 0 Å². The Hall–Kier alpha value is -1.73. The molecule has 0 amide bonds. The van der Waals surface area contributed by atoms with Crippen LogP contribution in [0.1, 0.15) is 29.3 Å². The van der Waals surface area contributed by atoms with Crippen LogP contribution in [0.25, 0.3) is 10.9 Å². The summed E-state index contributed by atoms with van der Waals surface area (Å²) in [6.45, 7) is 1.94. The maximum atomic E-state index is 12.0. The number of H-pyrrole nitrogens is 1. The van der Waals surface area contributed by atoms with Gasteiger partial charge in [-0.05, 0) is 30.5 Å². The number of aromatic carboxylic acids is 1. The number of nitrogens with one attached hydrogen (secondary N) is 2. The lowest BCUT2D eigenvalue weighted by Crippen LogP contribution is -2.17. The molecule has 1 aromatic heterocycles. The van der Waals surface area contributed by atoms with Crippen molar-refractivity contribution in [2.45, 2.75) is 19.8 Å². The van der Waals surface area contributed by atoms with Gasteiger partial charge in [0.1, 0.15) is 0 Å². The molecule has 0 aliphatic rings. The Kier molecular flexibility index (Phi) is 4.97. The lowest BCUT2D eigenvalue weighted by Gasteiger charge is -2.10. The average molecular weight is 345 g/mol. The quantitative estimate of drug-likeness (QED) is 0.672. The number of aromatic amines is 1. The third kappa shape index (κ3) is 3.53. The minimum absolute atomic E-state index is 0.0387. The van der Waals surface area contributed by atoms with Gasteiger partial charge in [-0.2, -0.15) is 0 Å². The fraction of sp³-hybridized carbons (Fsp3) is 0.357. The standard InChI is InChI=1S/C14H17ClN2O4S/c1-2-9-8-16-13-11(9)6-10(14(18)19)7-12(13)17-22(20,21)5-3-4-15/h6-8,16-17H,2-5H2,1H3,(H,18,19). The minimum Gasteiger partial charge on any atom is -0.478 e. The van der Waals surface area contributed by atoms with Gasteiger partial charge in [-0.25, -0.2) is 13.2 Å². The van der Waals surface area contributed by atoms with Crippen molar-refractivity contribution in [3.05, 3.63) is 29.5 Å². The van der Waals surface area contributed by atoms with Gasteiger partial charge in [0, 0.05) is 17.5 Å². The number of aryl methyl sites for hydroxylation is 1.